The monoisotopic (exact) mass is 338 g/mol. The molecule has 0 spiro atoms. The normalized spacial score (nSPS) is 18.9. The highest BCUT2D eigenvalue weighted by molar-refractivity contribution is 8.77. The predicted molar refractivity (Wildman–Crippen MR) is 103 cm³/mol. The van der Waals surface area contributed by atoms with E-state index in [1.807, 2.05) is 0 Å². The molecular weight excluding hydrogens is 304 g/mol. The summed E-state index contributed by atoms with van der Waals surface area (Å²) in [6.07, 6.45) is -0.826. The van der Waals surface area contributed by atoms with Gasteiger partial charge in [-0.2, -0.15) is 33.6 Å². The van der Waals surface area contributed by atoms with Crippen LogP contribution >= 0.6 is 33.6 Å². The summed E-state index contributed by atoms with van der Waals surface area (Å²) in [5.74, 6) is 2.39. The summed E-state index contributed by atoms with van der Waals surface area (Å²) >= 11 is 6.93. The van der Waals surface area contributed by atoms with E-state index < -0.39 is 6.25 Å². The molecular formula is C15H34S3Si. The van der Waals surface area contributed by atoms with Crippen molar-refractivity contribution in [2.75, 3.05) is 0 Å². The Hall–Kier alpha value is 1.27. The Morgan fingerprint density at radius 3 is 0.842 bits per heavy atom. The molecule has 0 saturated carbocycles. The van der Waals surface area contributed by atoms with Crippen molar-refractivity contribution in [2.24, 2.45) is 17.8 Å². The van der Waals surface area contributed by atoms with Crippen molar-refractivity contribution in [1.29, 1.82) is 0 Å². The summed E-state index contributed by atoms with van der Waals surface area (Å²) < 4.78 is 0. The van der Waals surface area contributed by atoms with Gasteiger partial charge in [-0.3, -0.25) is 0 Å². The highest BCUT2D eigenvalue weighted by atomic mass is 32.8. The smallest absolute Gasteiger partial charge is 0.162 e. The lowest BCUT2D eigenvalue weighted by molar-refractivity contribution is 0.643. The van der Waals surface area contributed by atoms with E-state index in [1.54, 1.807) is 0 Å². The largest absolute Gasteiger partial charge is 0.222 e. The average Bonchev–Trinajstić information content (AvgIpc) is 2.27. The summed E-state index contributed by atoms with van der Waals surface area (Å²) in [5.41, 5.74) is 0. The van der Waals surface area contributed by atoms with Crippen LogP contribution in [0.25, 0.3) is 0 Å². The van der Waals surface area contributed by atoms with Gasteiger partial charge >= 0.3 is 0 Å². The molecule has 0 aliphatic rings. The number of hydrogen-bond acceptors (Lipinski definition) is 3. The zero-order valence-electron chi connectivity index (χ0n) is 14.3. The highest BCUT2D eigenvalue weighted by Crippen LogP contribution is 2.41. The van der Waals surface area contributed by atoms with Crippen molar-refractivity contribution in [1.82, 2.24) is 0 Å². The first-order valence-electron chi connectivity index (χ1n) is 7.61. The summed E-state index contributed by atoms with van der Waals surface area (Å²) in [4.78, 5) is 0. The zero-order chi connectivity index (χ0) is 15.2. The molecule has 4 heteroatoms. The Balaban J connectivity index is 4.54. The molecule has 116 valence electrons. The van der Waals surface area contributed by atoms with E-state index in [-0.39, 0.29) is 0 Å². The van der Waals surface area contributed by atoms with Crippen LogP contribution in [0.3, 0.4) is 0 Å². The summed E-state index contributed by atoms with van der Waals surface area (Å²) in [7, 11) is 0. The second-order valence-corrected chi connectivity index (χ2v) is 19.5. The van der Waals surface area contributed by atoms with Crippen molar-refractivity contribution in [2.45, 2.75) is 78.1 Å². The second-order valence-electron chi connectivity index (χ2n) is 6.54. The fourth-order valence-electron chi connectivity index (χ4n) is 1.09. The maximum Gasteiger partial charge on any atom is 0.222 e. The van der Waals surface area contributed by atoms with Crippen molar-refractivity contribution in [3.8, 4) is 0 Å². The van der Waals surface area contributed by atoms with Crippen LogP contribution in [-0.2, 0) is 0 Å². The summed E-state index contributed by atoms with van der Waals surface area (Å²) in [6.45, 7) is 21.4. The Labute approximate surface area is 135 Å². The van der Waals surface area contributed by atoms with E-state index in [0.29, 0.717) is 0 Å². The lowest BCUT2D eigenvalue weighted by Gasteiger charge is -2.28. The first-order chi connectivity index (χ1) is 8.65. The highest BCUT2D eigenvalue weighted by Gasteiger charge is 2.25. The molecule has 0 bridgehead atoms. The third-order valence-corrected chi connectivity index (χ3v) is 19.2. The van der Waals surface area contributed by atoms with Gasteiger partial charge < -0.3 is 0 Å². The molecule has 0 radical (unpaired) electrons. The van der Waals surface area contributed by atoms with Gasteiger partial charge in [-0.25, -0.2) is 0 Å². The molecule has 0 rings (SSSR count). The molecule has 0 N–H and O–H groups in total. The summed E-state index contributed by atoms with van der Waals surface area (Å²) in [6, 6.07) is 0. The molecule has 19 heavy (non-hydrogen) atoms. The molecule has 3 atom stereocenters. The maximum atomic E-state index is 2.41. The average molecular weight is 339 g/mol. The first-order valence-corrected chi connectivity index (χ1v) is 14.7. The minimum Gasteiger partial charge on any atom is -0.162 e. The lowest BCUT2D eigenvalue weighted by atomic mass is 10.2. The molecule has 0 saturated heterocycles. The van der Waals surface area contributed by atoms with Crippen LogP contribution in [0.1, 0.15) is 62.3 Å². The van der Waals surface area contributed by atoms with Crippen LogP contribution < -0.4 is 0 Å². The van der Waals surface area contributed by atoms with E-state index in [4.69, 9.17) is 0 Å². The van der Waals surface area contributed by atoms with Gasteiger partial charge in [0.15, 0.2) is 0 Å². The fourth-order valence-corrected chi connectivity index (χ4v) is 21.0. The third-order valence-electron chi connectivity index (χ3n) is 3.79. The summed E-state index contributed by atoms with van der Waals surface area (Å²) in [5, 5.41) is 2.40. The van der Waals surface area contributed by atoms with Crippen LogP contribution in [0.5, 0.6) is 0 Å². The number of hydrogen-bond donors (Lipinski definition) is 0. The standard InChI is InChI=1S/C15H34S3Si/c1-10(2)13(7)16-19(17-14(8)11(3)4)18-15(9)12(5)6/h10-15,19H,1-9H3. The zero-order valence-corrected chi connectivity index (χ0v) is 17.9. The van der Waals surface area contributed by atoms with Gasteiger partial charge in [0.1, 0.15) is 0 Å². The van der Waals surface area contributed by atoms with E-state index in [1.165, 1.54) is 0 Å². The van der Waals surface area contributed by atoms with Crippen LogP contribution in [0.15, 0.2) is 0 Å². The maximum absolute atomic E-state index is 2.41. The van der Waals surface area contributed by atoms with Gasteiger partial charge in [-0.15, -0.1) is 0 Å². The molecule has 0 aliphatic heterocycles. The van der Waals surface area contributed by atoms with Crippen LogP contribution in [0, 0.1) is 17.8 Å². The van der Waals surface area contributed by atoms with Gasteiger partial charge in [-0.05, 0) is 17.8 Å². The Kier molecular flexibility index (Phi) is 10.7. The molecule has 0 fully saturated rings. The molecule has 0 aromatic carbocycles. The lowest BCUT2D eigenvalue weighted by Crippen LogP contribution is -2.20. The molecule has 0 heterocycles. The Morgan fingerprint density at radius 1 is 0.474 bits per heavy atom. The SMILES string of the molecule is CC(C)C(C)S[SiH](SC(C)C(C)C)SC(C)C(C)C. The van der Waals surface area contributed by atoms with Crippen molar-refractivity contribution >= 4 is 39.9 Å². The van der Waals surface area contributed by atoms with E-state index >= 15 is 0 Å². The first kappa shape index (κ1) is 20.3. The van der Waals surface area contributed by atoms with E-state index in [0.717, 1.165) is 33.5 Å². The second kappa shape index (κ2) is 10.1. The van der Waals surface area contributed by atoms with Gasteiger partial charge in [0, 0.05) is 15.7 Å². The molecule has 3 unspecified atom stereocenters. The topological polar surface area (TPSA) is 0 Å². The van der Waals surface area contributed by atoms with E-state index in [2.05, 4.69) is 95.9 Å². The van der Waals surface area contributed by atoms with Crippen molar-refractivity contribution < 1.29 is 0 Å². The molecule has 0 amide bonds. The van der Waals surface area contributed by atoms with Crippen molar-refractivity contribution in [3.63, 3.8) is 0 Å². The molecule has 0 aromatic rings. The van der Waals surface area contributed by atoms with Crippen LogP contribution in [0.4, 0.5) is 0 Å². The molecule has 0 aromatic heterocycles. The number of rotatable bonds is 9. The minimum absolute atomic E-state index is 0.796. The third kappa shape index (κ3) is 9.00. The van der Waals surface area contributed by atoms with Crippen molar-refractivity contribution in [3.05, 3.63) is 0 Å². The van der Waals surface area contributed by atoms with Gasteiger partial charge in [-0.1, -0.05) is 62.3 Å². The predicted octanol–water partition coefficient (Wildman–Crippen LogP) is 6.04. The van der Waals surface area contributed by atoms with E-state index in [9.17, 15) is 0 Å². The Bertz CT molecular complexity index is 193. The quantitative estimate of drug-likeness (QED) is 0.471. The minimum atomic E-state index is -0.826. The van der Waals surface area contributed by atoms with Gasteiger partial charge in [0.05, 0.1) is 0 Å². The fraction of sp³-hybridized carbons (Fsp3) is 1.00. The van der Waals surface area contributed by atoms with Crippen LogP contribution in [-0.4, -0.2) is 22.0 Å². The Morgan fingerprint density at radius 2 is 0.684 bits per heavy atom. The van der Waals surface area contributed by atoms with Gasteiger partial charge in [0.25, 0.3) is 0 Å². The van der Waals surface area contributed by atoms with Gasteiger partial charge in [0.2, 0.25) is 6.25 Å². The molecule has 0 nitrogen and oxygen atoms in total. The van der Waals surface area contributed by atoms with Crippen LogP contribution in [0.2, 0.25) is 0 Å². The molecule has 0 aliphatic carbocycles.